The molecule has 3 aromatic carbocycles. The van der Waals surface area contributed by atoms with Gasteiger partial charge in [-0.1, -0.05) is 24.3 Å². The zero-order chi connectivity index (χ0) is 18.7. The zero-order valence-corrected chi connectivity index (χ0v) is 16.0. The van der Waals surface area contributed by atoms with Gasteiger partial charge in [0.15, 0.2) is 0 Å². The lowest BCUT2D eigenvalue weighted by Gasteiger charge is -2.16. The fraction of sp³-hybridized carbons (Fsp3) is 0.227. The molecule has 4 heteroatoms. The van der Waals surface area contributed by atoms with Crippen LogP contribution in [0, 0.1) is 12.7 Å². The maximum Gasteiger partial charge on any atom is 0.309 e. The van der Waals surface area contributed by atoms with Crippen LogP contribution >= 0.6 is 11.8 Å². The third-order valence-electron chi connectivity index (χ3n) is 4.71. The van der Waals surface area contributed by atoms with Crippen molar-refractivity contribution in [3.05, 3.63) is 76.6 Å². The van der Waals surface area contributed by atoms with Gasteiger partial charge in [-0.05, 0) is 76.9 Å². The number of benzene rings is 3. The largest absolute Gasteiger partial charge is 0.469 e. The lowest BCUT2D eigenvalue weighted by Crippen LogP contribution is -2.08. The molecule has 3 aromatic rings. The molecule has 0 unspecified atom stereocenters. The molecule has 26 heavy (non-hydrogen) atoms. The first kappa shape index (κ1) is 18.5. The van der Waals surface area contributed by atoms with Crippen LogP contribution in [0.4, 0.5) is 4.39 Å². The van der Waals surface area contributed by atoms with Crippen molar-refractivity contribution in [3.8, 4) is 0 Å². The van der Waals surface area contributed by atoms with E-state index >= 15 is 0 Å². The number of fused-ring (bicyclic) bond motifs is 1. The van der Waals surface area contributed by atoms with Crippen molar-refractivity contribution in [3.63, 3.8) is 0 Å². The lowest BCUT2D eigenvalue weighted by molar-refractivity contribution is -0.139. The van der Waals surface area contributed by atoms with Crippen LogP contribution in [0.1, 0.15) is 22.3 Å². The van der Waals surface area contributed by atoms with Gasteiger partial charge in [-0.2, -0.15) is 0 Å². The van der Waals surface area contributed by atoms with Crippen molar-refractivity contribution >= 4 is 28.5 Å². The van der Waals surface area contributed by atoms with E-state index in [1.165, 1.54) is 18.1 Å². The number of carbonyl (C=O) groups is 1. The number of hydrogen-bond donors (Lipinski definition) is 0. The van der Waals surface area contributed by atoms with E-state index in [2.05, 4.69) is 24.3 Å². The Bertz CT molecular complexity index is 949. The molecule has 2 nitrogen and oxygen atoms in total. The van der Waals surface area contributed by atoms with Gasteiger partial charge >= 0.3 is 5.97 Å². The van der Waals surface area contributed by atoms with Gasteiger partial charge < -0.3 is 4.74 Å². The Morgan fingerprint density at radius 2 is 1.85 bits per heavy atom. The monoisotopic (exact) mass is 368 g/mol. The van der Waals surface area contributed by atoms with Crippen LogP contribution in [0.25, 0.3) is 10.8 Å². The molecule has 0 fully saturated rings. The smallest absolute Gasteiger partial charge is 0.309 e. The average Bonchev–Trinajstić information content (AvgIpc) is 2.66. The van der Waals surface area contributed by atoms with E-state index in [1.807, 2.05) is 19.2 Å². The third-order valence-corrected chi connectivity index (χ3v) is 5.45. The van der Waals surface area contributed by atoms with Crippen LogP contribution in [0.15, 0.2) is 53.4 Å². The fourth-order valence-corrected chi connectivity index (χ4v) is 3.60. The Morgan fingerprint density at radius 1 is 1.12 bits per heavy atom. The molecule has 0 N–H and O–H groups in total. The molecule has 0 aromatic heterocycles. The first-order valence-electron chi connectivity index (χ1n) is 8.42. The summed E-state index contributed by atoms with van der Waals surface area (Å²) in [7, 11) is 1.39. The number of methoxy groups -OCH3 is 1. The third kappa shape index (κ3) is 3.91. The highest BCUT2D eigenvalue weighted by atomic mass is 32.2. The number of rotatable bonds is 5. The Morgan fingerprint density at radius 3 is 2.50 bits per heavy atom. The van der Waals surface area contributed by atoms with Gasteiger partial charge in [0, 0.05) is 4.90 Å². The summed E-state index contributed by atoms with van der Waals surface area (Å²) in [6, 6.07) is 15.2. The zero-order valence-electron chi connectivity index (χ0n) is 15.1. The minimum Gasteiger partial charge on any atom is -0.469 e. The van der Waals surface area contributed by atoms with Crippen molar-refractivity contribution in [2.45, 2.75) is 24.7 Å². The van der Waals surface area contributed by atoms with Crippen molar-refractivity contribution in [2.24, 2.45) is 0 Å². The van der Waals surface area contributed by atoms with E-state index in [0.29, 0.717) is 6.42 Å². The van der Waals surface area contributed by atoms with Crippen LogP contribution < -0.4 is 0 Å². The summed E-state index contributed by atoms with van der Waals surface area (Å²) in [5.74, 6) is -0.526. The van der Waals surface area contributed by atoms with Crippen molar-refractivity contribution in [2.75, 3.05) is 13.4 Å². The Labute approximate surface area is 157 Å². The molecule has 134 valence electrons. The van der Waals surface area contributed by atoms with E-state index in [-0.39, 0.29) is 18.2 Å². The van der Waals surface area contributed by atoms with Crippen LogP contribution in [0.2, 0.25) is 0 Å². The van der Waals surface area contributed by atoms with Crippen LogP contribution in [-0.2, 0) is 22.4 Å². The summed E-state index contributed by atoms with van der Waals surface area (Å²) in [6.45, 7) is 1.99. The molecular formula is C22H21FO2S. The molecule has 0 saturated heterocycles. The van der Waals surface area contributed by atoms with Crippen molar-refractivity contribution in [1.29, 1.82) is 0 Å². The SMILES string of the molecule is COC(=O)Cc1cc2ccc(F)cc2c(Cc2ccc(SC)cc2)c1C. The number of carbonyl (C=O) groups excluding carboxylic acids is 1. The van der Waals surface area contributed by atoms with Crippen LogP contribution in [-0.4, -0.2) is 19.3 Å². The quantitative estimate of drug-likeness (QED) is 0.451. The molecule has 0 radical (unpaired) electrons. The number of ether oxygens (including phenoxy) is 1. The van der Waals surface area contributed by atoms with Gasteiger partial charge in [0.25, 0.3) is 0 Å². The summed E-state index contributed by atoms with van der Waals surface area (Å²) in [6.07, 6.45) is 2.95. The predicted octanol–water partition coefficient (Wildman–Crippen LogP) is 5.32. The summed E-state index contributed by atoms with van der Waals surface area (Å²) < 4.78 is 18.7. The van der Waals surface area contributed by atoms with Crippen molar-refractivity contribution < 1.29 is 13.9 Å². The van der Waals surface area contributed by atoms with Crippen molar-refractivity contribution in [1.82, 2.24) is 0 Å². The van der Waals surface area contributed by atoms with E-state index in [4.69, 9.17) is 4.74 Å². The summed E-state index contributed by atoms with van der Waals surface area (Å²) >= 11 is 1.70. The minimum atomic E-state index is -0.273. The standard InChI is InChI=1S/C22H21FO2S/c1-14-17(12-22(24)25-2)11-16-6-7-18(23)13-21(16)20(14)10-15-4-8-19(26-3)9-5-15/h4-9,11,13H,10,12H2,1-3H3. The Balaban J connectivity index is 2.11. The van der Waals surface area contributed by atoms with Gasteiger partial charge in [0.1, 0.15) is 5.82 Å². The first-order valence-corrected chi connectivity index (χ1v) is 9.64. The number of esters is 1. The molecule has 0 aliphatic heterocycles. The predicted molar refractivity (Wildman–Crippen MR) is 105 cm³/mol. The molecule has 0 bridgehead atoms. The molecule has 3 rings (SSSR count). The number of thioether (sulfide) groups is 1. The van der Waals surface area contributed by atoms with E-state index in [1.54, 1.807) is 23.9 Å². The Kier molecular flexibility index (Phi) is 5.62. The molecule has 0 atom stereocenters. The maximum absolute atomic E-state index is 13.9. The van der Waals surface area contributed by atoms with E-state index in [0.717, 1.165) is 33.0 Å². The van der Waals surface area contributed by atoms with Crippen LogP contribution in [0.3, 0.4) is 0 Å². The van der Waals surface area contributed by atoms with Gasteiger partial charge in [0.2, 0.25) is 0 Å². The molecule has 0 aliphatic carbocycles. The lowest BCUT2D eigenvalue weighted by atomic mass is 9.90. The second kappa shape index (κ2) is 7.92. The minimum absolute atomic E-state index is 0.216. The summed E-state index contributed by atoms with van der Waals surface area (Å²) in [4.78, 5) is 13.0. The first-order chi connectivity index (χ1) is 12.5. The topological polar surface area (TPSA) is 26.3 Å². The summed E-state index contributed by atoms with van der Waals surface area (Å²) in [5.41, 5.74) is 4.15. The maximum atomic E-state index is 13.9. The molecule has 0 saturated carbocycles. The second-order valence-corrected chi connectivity index (χ2v) is 7.16. The highest BCUT2D eigenvalue weighted by Crippen LogP contribution is 2.29. The average molecular weight is 368 g/mol. The fourth-order valence-electron chi connectivity index (χ4n) is 3.19. The second-order valence-electron chi connectivity index (χ2n) is 6.28. The van der Waals surface area contributed by atoms with Gasteiger partial charge in [-0.25, -0.2) is 4.39 Å². The number of hydrogen-bond acceptors (Lipinski definition) is 3. The normalized spacial score (nSPS) is 10.9. The molecule has 0 aliphatic rings. The van der Waals surface area contributed by atoms with E-state index < -0.39 is 0 Å². The van der Waals surface area contributed by atoms with Crippen LogP contribution in [0.5, 0.6) is 0 Å². The molecule has 0 spiro atoms. The highest BCUT2D eigenvalue weighted by molar-refractivity contribution is 7.98. The van der Waals surface area contributed by atoms with Gasteiger partial charge in [-0.3, -0.25) is 4.79 Å². The molecular weight excluding hydrogens is 347 g/mol. The number of halogens is 1. The summed E-state index contributed by atoms with van der Waals surface area (Å²) in [5, 5.41) is 1.83. The van der Waals surface area contributed by atoms with Gasteiger partial charge in [-0.15, -0.1) is 11.8 Å². The Hall–Kier alpha value is -2.33. The highest BCUT2D eigenvalue weighted by Gasteiger charge is 2.14. The molecule has 0 amide bonds. The van der Waals surface area contributed by atoms with Gasteiger partial charge in [0.05, 0.1) is 13.5 Å². The molecule has 0 heterocycles. The van der Waals surface area contributed by atoms with E-state index in [9.17, 15) is 9.18 Å².